The van der Waals surface area contributed by atoms with E-state index in [-0.39, 0.29) is 24.8 Å². The summed E-state index contributed by atoms with van der Waals surface area (Å²) < 4.78 is 5.34. The molecule has 1 aliphatic rings. The molecule has 154 valence electrons. The summed E-state index contributed by atoms with van der Waals surface area (Å²) in [7, 11) is 1.53. The van der Waals surface area contributed by atoms with E-state index in [4.69, 9.17) is 16.3 Å². The number of carbonyl (C=O) groups excluding carboxylic acids is 2. The van der Waals surface area contributed by atoms with Gasteiger partial charge in [0.2, 0.25) is 11.8 Å². The van der Waals surface area contributed by atoms with Crippen LogP contribution < -0.4 is 15.0 Å². The fourth-order valence-electron chi connectivity index (χ4n) is 3.32. The SMILES string of the molecule is COc1ccc(Cl)cc1N1CC(C(=O)NCc2csc(-c3cccnc3)n2)CC1=O. The van der Waals surface area contributed by atoms with Crippen LogP contribution in [0, 0.1) is 5.92 Å². The molecule has 0 spiro atoms. The zero-order valence-corrected chi connectivity index (χ0v) is 17.7. The lowest BCUT2D eigenvalue weighted by molar-refractivity contribution is -0.126. The minimum absolute atomic E-state index is 0.136. The predicted molar refractivity (Wildman–Crippen MR) is 116 cm³/mol. The second kappa shape index (κ2) is 8.81. The number of thiazole rings is 1. The van der Waals surface area contributed by atoms with Gasteiger partial charge in [-0.1, -0.05) is 11.6 Å². The third-order valence-corrected chi connectivity index (χ3v) is 6.01. The molecule has 1 unspecified atom stereocenters. The van der Waals surface area contributed by atoms with Crippen LogP contribution in [0.3, 0.4) is 0 Å². The van der Waals surface area contributed by atoms with E-state index in [9.17, 15) is 9.59 Å². The largest absolute Gasteiger partial charge is 0.495 e. The molecule has 0 bridgehead atoms. The van der Waals surface area contributed by atoms with Crippen molar-refractivity contribution >= 4 is 40.4 Å². The fourth-order valence-corrected chi connectivity index (χ4v) is 4.30. The summed E-state index contributed by atoms with van der Waals surface area (Å²) in [6, 6.07) is 8.88. The highest BCUT2D eigenvalue weighted by molar-refractivity contribution is 7.13. The van der Waals surface area contributed by atoms with Crippen LogP contribution in [0.2, 0.25) is 5.02 Å². The maximum Gasteiger partial charge on any atom is 0.227 e. The molecular formula is C21H19ClN4O3S. The molecule has 30 heavy (non-hydrogen) atoms. The molecule has 1 aromatic carbocycles. The lowest BCUT2D eigenvalue weighted by Gasteiger charge is -2.19. The number of hydrogen-bond acceptors (Lipinski definition) is 6. The number of pyridine rings is 1. The molecule has 0 radical (unpaired) electrons. The van der Waals surface area contributed by atoms with Crippen molar-refractivity contribution in [2.24, 2.45) is 5.92 Å². The number of hydrogen-bond donors (Lipinski definition) is 1. The van der Waals surface area contributed by atoms with Crippen molar-refractivity contribution in [1.82, 2.24) is 15.3 Å². The van der Waals surface area contributed by atoms with Gasteiger partial charge in [-0.2, -0.15) is 0 Å². The Hall–Kier alpha value is -2.97. The van der Waals surface area contributed by atoms with Crippen molar-refractivity contribution in [3.8, 4) is 16.3 Å². The summed E-state index contributed by atoms with van der Waals surface area (Å²) in [6.07, 6.45) is 3.60. The molecule has 1 saturated heterocycles. The number of carbonyl (C=O) groups is 2. The standard InChI is InChI=1S/C21H19ClN4O3S/c1-29-18-5-4-15(22)8-17(18)26-11-14(7-19(26)27)20(28)24-10-16-12-30-21(25-16)13-3-2-6-23-9-13/h2-6,8-9,12,14H,7,10-11H2,1H3,(H,24,28). The van der Waals surface area contributed by atoms with Crippen LogP contribution >= 0.6 is 22.9 Å². The summed E-state index contributed by atoms with van der Waals surface area (Å²) >= 11 is 7.58. The Labute approximate surface area is 182 Å². The van der Waals surface area contributed by atoms with Gasteiger partial charge >= 0.3 is 0 Å². The summed E-state index contributed by atoms with van der Waals surface area (Å²) in [5, 5.41) is 6.15. The predicted octanol–water partition coefficient (Wildman–Crippen LogP) is 3.54. The number of anilines is 1. The van der Waals surface area contributed by atoms with Crippen molar-refractivity contribution in [2.45, 2.75) is 13.0 Å². The smallest absolute Gasteiger partial charge is 0.227 e. The molecule has 4 rings (SSSR count). The molecule has 1 atom stereocenters. The van der Waals surface area contributed by atoms with Crippen LogP contribution in [0.1, 0.15) is 12.1 Å². The number of methoxy groups -OCH3 is 1. The molecule has 2 amide bonds. The molecule has 1 fully saturated rings. The van der Waals surface area contributed by atoms with E-state index in [0.29, 0.717) is 23.0 Å². The van der Waals surface area contributed by atoms with Gasteiger partial charge in [0.15, 0.2) is 0 Å². The first-order chi connectivity index (χ1) is 14.5. The number of aromatic nitrogens is 2. The maximum absolute atomic E-state index is 12.7. The molecule has 7 nitrogen and oxygen atoms in total. The molecule has 0 saturated carbocycles. The Morgan fingerprint density at radius 1 is 1.40 bits per heavy atom. The minimum Gasteiger partial charge on any atom is -0.495 e. The van der Waals surface area contributed by atoms with Gasteiger partial charge in [0.1, 0.15) is 10.8 Å². The van der Waals surface area contributed by atoms with E-state index in [1.807, 2.05) is 17.5 Å². The number of ether oxygens (including phenoxy) is 1. The minimum atomic E-state index is -0.447. The third kappa shape index (κ3) is 4.29. The van der Waals surface area contributed by atoms with Gasteiger partial charge in [-0.15, -0.1) is 11.3 Å². The van der Waals surface area contributed by atoms with Crippen LogP contribution in [0.4, 0.5) is 5.69 Å². The molecule has 1 N–H and O–H groups in total. The first-order valence-corrected chi connectivity index (χ1v) is 10.6. The monoisotopic (exact) mass is 442 g/mol. The highest BCUT2D eigenvalue weighted by atomic mass is 35.5. The fraction of sp³-hybridized carbons (Fsp3) is 0.238. The topological polar surface area (TPSA) is 84.4 Å². The van der Waals surface area contributed by atoms with E-state index < -0.39 is 5.92 Å². The van der Waals surface area contributed by atoms with Gasteiger partial charge in [-0.25, -0.2) is 4.98 Å². The van der Waals surface area contributed by atoms with Crippen molar-refractivity contribution < 1.29 is 14.3 Å². The number of benzene rings is 1. The van der Waals surface area contributed by atoms with Crippen molar-refractivity contribution in [1.29, 1.82) is 0 Å². The van der Waals surface area contributed by atoms with Gasteiger partial charge in [-0.3, -0.25) is 14.6 Å². The van der Waals surface area contributed by atoms with Crippen LogP contribution in [-0.4, -0.2) is 35.4 Å². The summed E-state index contributed by atoms with van der Waals surface area (Å²) in [6.45, 7) is 0.583. The van der Waals surface area contributed by atoms with Crippen LogP contribution in [-0.2, 0) is 16.1 Å². The van der Waals surface area contributed by atoms with E-state index in [1.54, 1.807) is 35.5 Å². The first kappa shape index (κ1) is 20.3. The van der Waals surface area contributed by atoms with Crippen molar-refractivity contribution in [3.05, 3.63) is 58.8 Å². The van der Waals surface area contributed by atoms with Gasteiger partial charge in [-0.05, 0) is 30.3 Å². The number of nitrogens with one attached hydrogen (secondary N) is 1. The number of nitrogens with zero attached hydrogens (tertiary/aromatic N) is 3. The van der Waals surface area contributed by atoms with Gasteiger partial charge in [0, 0.05) is 41.3 Å². The van der Waals surface area contributed by atoms with E-state index in [2.05, 4.69) is 15.3 Å². The number of rotatable bonds is 6. The van der Waals surface area contributed by atoms with E-state index >= 15 is 0 Å². The Bertz CT molecular complexity index is 1070. The molecule has 2 aromatic heterocycles. The molecule has 1 aliphatic heterocycles. The second-order valence-corrected chi connectivity index (χ2v) is 8.12. The Morgan fingerprint density at radius 2 is 2.27 bits per heavy atom. The number of amides is 2. The molecule has 0 aliphatic carbocycles. The van der Waals surface area contributed by atoms with Crippen molar-refractivity contribution in [3.63, 3.8) is 0 Å². The van der Waals surface area contributed by atoms with Crippen LogP contribution in [0.25, 0.3) is 10.6 Å². The molecule has 3 heterocycles. The zero-order chi connectivity index (χ0) is 21.1. The van der Waals surface area contributed by atoms with E-state index in [1.165, 1.54) is 18.4 Å². The third-order valence-electron chi connectivity index (χ3n) is 4.83. The lowest BCUT2D eigenvalue weighted by Crippen LogP contribution is -2.32. The Kier molecular flexibility index (Phi) is 5.96. The second-order valence-electron chi connectivity index (χ2n) is 6.83. The maximum atomic E-state index is 12.7. The Balaban J connectivity index is 1.39. The highest BCUT2D eigenvalue weighted by Gasteiger charge is 2.36. The normalized spacial score (nSPS) is 16.0. The average Bonchev–Trinajstić information content (AvgIpc) is 3.39. The van der Waals surface area contributed by atoms with Crippen LogP contribution in [0.15, 0.2) is 48.1 Å². The van der Waals surface area contributed by atoms with Crippen molar-refractivity contribution in [2.75, 3.05) is 18.6 Å². The average molecular weight is 443 g/mol. The lowest BCUT2D eigenvalue weighted by atomic mass is 10.1. The molecule has 9 heteroatoms. The van der Waals surface area contributed by atoms with Gasteiger partial charge in [0.25, 0.3) is 0 Å². The number of halogens is 1. The van der Waals surface area contributed by atoms with Gasteiger partial charge < -0.3 is 15.0 Å². The molecular weight excluding hydrogens is 424 g/mol. The first-order valence-electron chi connectivity index (χ1n) is 9.31. The van der Waals surface area contributed by atoms with E-state index in [0.717, 1.165) is 16.3 Å². The summed E-state index contributed by atoms with van der Waals surface area (Å²) in [4.78, 5) is 35.4. The zero-order valence-electron chi connectivity index (χ0n) is 16.2. The quantitative estimate of drug-likeness (QED) is 0.631. The Morgan fingerprint density at radius 3 is 3.03 bits per heavy atom. The summed E-state index contributed by atoms with van der Waals surface area (Å²) in [5.41, 5.74) is 2.28. The molecule has 3 aromatic rings. The van der Waals surface area contributed by atoms with Gasteiger partial charge in [0.05, 0.1) is 31.0 Å². The highest BCUT2D eigenvalue weighted by Crippen LogP contribution is 2.35. The van der Waals surface area contributed by atoms with Crippen LogP contribution in [0.5, 0.6) is 5.75 Å². The summed E-state index contributed by atoms with van der Waals surface area (Å²) in [5.74, 6) is -0.220.